The van der Waals surface area contributed by atoms with Gasteiger partial charge in [0.25, 0.3) is 0 Å². The van der Waals surface area contributed by atoms with Gasteiger partial charge in [0.2, 0.25) is 0 Å². The summed E-state index contributed by atoms with van der Waals surface area (Å²) < 4.78 is 5.71. The van der Waals surface area contributed by atoms with Gasteiger partial charge in [0, 0.05) is 24.5 Å². The fourth-order valence-electron chi connectivity index (χ4n) is 0.933. The number of hydrogen-bond acceptors (Lipinski definition) is 3. The molecule has 2 rings (SSSR count). The van der Waals surface area contributed by atoms with Crippen LogP contribution in [0.3, 0.4) is 0 Å². The summed E-state index contributed by atoms with van der Waals surface area (Å²) in [5.41, 5.74) is 0. The van der Waals surface area contributed by atoms with Gasteiger partial charge >= 0.3 is 0 Å². The van der Waals surface area contributed by atoms with Crippen LogP contribution in [0.2, 0.25) is 0 Å². The van der Waals surface area contributed by atoms with E-state index in [2.05, 4.69) is 10.9 Å². The Bertz CT molecular complexity index is 422. The van der Waals surface area contributed by atoms with Crippen molar-refractivity contribution in [3.8, 4) is 18.1 Å². The Morgan fingerprint density at radius 2 is 1.88 bits per heavy atom. The summed E-state index contributed by atoms with van der Waals surface area (Å²) in [6, 6.07) is 8.84. The van der Waals surface area contributed by atoms with Gasteiger partial charge in [-0.2, -0.15) is 4.73 Å². The zero-order valence-electron chi connectivity index (χ0n) is 9.19. The lowest BCUT2D eigenvalue weighted by Gasteiger charge is -1.99. The summed E-state index contributed by atoms with van der Waals surface area (Å²) in [6.07, 6.45) is 11.2. The van der Waals surface area contributed by atoms with E-state index in [1.165, 1.54) is 12.4 Å². The molecule has 0 spiro atoms. The standard InChI is InChI=1S/C8H7NO2.C5H5N/c1-2-7-11-8-3-5-9(10)6-4-8;1-2-4-6-5-3-1/h1,3-6H,7H2;1-5H. The Morgan fingerprint density at radius 1 is 1.24 bits per heavy atom. The first-order valence-corrected chi connectivity index (χ1v) is 4.93. The van der Waals surface area contributed by atoms with E-state index in [0.717, 1.165) is 0 Å². The van der Waals surface area contributed by atoms with Crippen LogP contribution in [-0.2, 0) is 0 Å². The predicted molar refractivity (Wildman–Crippen MR) is 64.0 cm³/mol. The van der Waals surface area contributed by atoms with Crippen LogP contribution in [0.4, 0.5) is 0 Å². The SMILES string of the molecule is C#CCOc1cc[n+]([O-])cc1.c1ccncc1. The number of terminal acetylenes is 1. The molecule has 0 fully saturated rings. The maximum Gasteiger partial charge on any atom is 0.184 e. The third-order valence-electron chi connectivity index (χ3n) is 1.66. The lowest BCUT2D eigenvalue weighted by molar-refractivity contribution is -0.605. The molecule has 0 aliphatic rings. The number of aromatic nitrogens is 2. The summed E-state index contributed by atoms with van der Waals surface area (Å²) in [6.45, 7) is 0.225. The molecule has 0 unspecified atom stereocenters. The number of nitrogens with zero attached hydrogens (tertiary/aromatic N) is 2. The highest BCUT2D eigenvalue weighted by atomic mass is 16.5. The average Bonchev–Trinajstić information content (AvgIpc) is 2.41. The second kappa shape index (κ2) is 7.71. The predicted octanol–water partition coefficient (Wildman–Crippen LogP) is 1.41. The monoisotopic (exact) mass is 228 g/mol. The first-order chi connectivity index (χ1) is 8.33. The van der Waals surface area contributed by atoms with Crippen LogP contribution >= 0.6 is 0 Å². The van der Waals surface area contributed by atoms with E-state index in [1.54, 1.807) is 24.5 Å². The van der Waals surface area contributed by atoms with Crippen LogP contribution in [0.25, 0.3) is 0 Å². The summed E-state index contributed by atoms with van der Waals surface area (Å²) in [5.74, 6) is 2.93. The lowest BCUT2D eigenvalue weighted by atomic mass is 10.4. The molecule has 0 aliphatic heterocycles. The third kappa shape index (κ3) is 5.80. The van der Waals surface area contributed by atoms with Crippen molar-refractivity contribution in [2.24, 2.45) is 0 Å². The second-order valence-corrected chi connectivity index (χ2v) is 2.91. The van der Waals surface area contributed by atoms with E-state index >= 15 is 0 Å². The summed E-state index contributed by atoms with van der Waals surface area (Å²) in [5, 5.41) is 10.5. The van der Waals surface area contributed by atoms with Crippen molar-refractivity contribution in [3.63, 3.8) is 0 Å². The van der Waals surface area contributed by atoms with Gasteiger partial charge in [0.05, 0.1) is 0 Å². The van der Waals surface area contributed by atoms with E-state index < -0.39 is 0 Å². The molecule has 86 valence electrons. The molecule has 0 aromatic carbocycles. The van der Waals surface area contributed by atoms with Crippen molar-refractivity contribution in [3.05, 3.63) is 60.3 Å². The van der Waals surface area contributed by atoms with Crippen LogP contribution in [0.1, 0.15) is 0 Å². The molecule has 0 radical (unpaired) electrons. The van der Waals surface area contributed by atoms with Crippen LogP contribution in [-0.4, -0.2) is 11.6 Å². The van der Waals surface area contributed by atoms with Crippen LogP contribution in [0.15, 0.2) is 55.1 Å². The lowest BCUT2D eigenvalue weighted by Crippen LogP contribution is -2.23. The molecular weight excluding hydrogens is 216 g/mol. The molecule has 4 nitrogen and oxygen atoms in total. The zero-order chi connectivity index (χ0) is 12.3. The molecule has 2 aromatic heterocycles. The molecule has 2 heterocycles. The van der Waals surface area contributed by atoms with Crippen molar-refractivity contribution in [1.82, 2.24) is 4.98 Å². The Hall–Kier alpha value is -2.54. The molecule has 0 aliphatic carbocycles. The molecule has 0 amide bonds. The Labute approximate surface area is 100 Å². The minimum Gasteiger partial charge on any atom is -0.619 e. The molecule has 4 heteroatoms. The third-order valence-corrected chi connectivity index (χ3v) is 1.66. The average molecular weight is 228 g/mol. The molecule has 0 N–H and O–H groups in total. The summed E-state index contributed by atoms with van der Waals surface area (Å²) in [4.78, 5) is 3.78. The summed E-state index contributed by atoms with van der Waals surface area (Å²) in [7, 11) is 0. The van der Waals surface area contributed by atoms with Gasteiger partial charge in [-0.3, -0.25) is 4.98 Å². The van der Waals surface area contributed by atoms with E-state index in [1.807, 2.05) is 18.2 Å². The fourth-order valence-corrected chi connectivity index (χ4v) is 0.933. The van der Waals surface area contributed by atoms with Crippen molar-refractivity contribution in [2.45, 2.75) is 0 Å². The highest BCUT2D eigenvalue weighted by Crippen LogP contribution is 2.04. The van der Waals surface area contributed by atoms with Crippen molar-refractivity contribution < 1.29 is 9.47 Å². The van der Waals surface area contributed by atoms with Gasteiger partial charge in [-0.25, -0.2) is 0 Å². The fraction of sp³-hybridized carbons (Fsp3) is 0.0769. The molecule has 2 aromatic rings. The topological polar surface area (TPSA) is 49.1 Å². The van der Waals surface area contributed by atoms with Crippen molar-refractivity contribution in [2.75, 3.05) is 6.61 Å². The first kappa shape index (κ1) is 12.5. The van der Waals surface area contributed by atoms with Gasteiger partial charge in [0.1, 0.15) is 12.4 Å². The molecule has 0 saturated heterocycles. The molecule has 0 atom stereocenters. The van der Waals surface area contributed by atoms with E-state index in [9.17, 15) is 5.21 Å². The van der Waals surface area contributed by atoms with Gasteiger partial charge in [0.15, 0.2) is 12.4 Å². The highest BCUT2D eigenvalue weighted by molar-refractivity contribution is 5.15. The van der Waals surface area contributed by atoms with Gasteiger partial charge < -0.3 is 9.94 Å². The van der Waals surface area contributed by atoms with Crippen LogP contribution in [0.5, 0.6) is 5.75 Å². The number of rotatable bonds is 2. The number of hydrogen-bond donors (Lipinski definition) is 0. The second-order valence-electron chi connectivity index (χ2n) is 2.91. The minimum atomic E-state index is 0.225. The molecular formula is C13H12N2O2. The van der Waals surface area contributed by atoms with Gasteiger partial charge in [-0.1, -0.05) is 12.0 Å². The van der Waals surface area contributed by atoms with E-state index in [-0.39, 0.29) is 6.61 Å². The maximum atomic E-state index is 10.5. The van der Waals surface area contributed by atoms with Crippen molar-refractivity contribution >= 4 is 0 Å². The van der Waals surface area contributed by atoms with E-state index in [0.29, 0.717) is 10.5 Å². The number of ether oxygens (including phenoxy) is 1. The maximum absolute atomic E-state index is 10.5. The number of pyridine rings is 2. The Morgan fingerprint density at radius 3 is 2.29 bits per heavy atom. The molecule has 17 heavy (non-hydrogen) atoms. The largest absolute Gasteiger partial charge is 0.619 e. The van der Waals surface area contributed by atoms with Crippen molar-refractivity contribution in [1.29, 1.82) is 0 Å². The Kier molecular flexibility index (Phi) is 5.68. The highest BCUT2D eigenvalue weighted by Gasteiger charge is 1.92. The molecule has 0 saturated carbocycles. The summed E-state index contributed by atoms with van der Waals surface area (Å²) >= 11 is 0. The van der Waals surface area contributed by atoms with Gasteiger partial charge in [-0.15, -0.1) is 6.42 Å². The quantitative estimate of drug-likeness (QED) is 0.443. The van der Waals surface area contributed by atoms with Crippen LogP contribution in [0, 0.1) is 17.6 Å². The normalized spacial score (nSPS) is 8.41. The smallest absolute Gasteiger partial charge is 0.184 e. The zero-order valence-corrected chi connectivity index (χ0v) is 9.19. The minimum absolute atomic E-state index is 0.225. The Balaban J connectivity index is 0.000000202. The first-order valence-electron chi connectivity index (χ1n) is 4.93. The van der Waals surface area contributed by atoms with Gasteiger partial charge in [-0.05, 0) is 12.1 Å². The molecule has 0 bridgehead atoms. The van der Waals surface area contributed by atoms with E-state index in [4.69, 9.17) is 11.2 Å². The van der Waals surface area contributed by atoms with Crippen LogP contribution < -0.4 is 9.47 Å².